The molecular formula is C18H21ClN2O4S. The van der Waals surface area contributed by atoms with Crippen molar-refractivity contribution in [1.29, 1.82) is 0 Å². The number of amides is 1. The summed E-state index contributed by atoms with van der Waals surface area (Å²) in [6, 6.07) is 11.8. The Morgan fingerprint density at radius 1 is 1.23 bits per heavy atom. The maximum absolute atomic E-state index is 12.5. The van der Waals surface area contributed by atoms with Gasteiger partial charge >= 0.3 is 0 Å². The van der Waals surface area contributed by atoms with Crippen LogP contribution < -0.4 is 14.4 Å². The summed E-state index contributed by atoms with van der Waals surface area (Å²) < 4.78 is 30.9. The minimum atomic E-state index is -3.66. The minimum Gasteiger partial charge on any atom is -0.492 e. The summed E-state index contributed by atoms with van der Waals surface area (Å²) in [4.78, 5) is 12.5. The predicted molar refractivity (Wildman–Crippen MR) is 105 cm³/mol. The molecule has 0 aliphatic carbocycles. The minimum absolute atomic E-state index is 0.359. The Labute approximate surface area is 158 Å². The molecule has 0 atom stereocenters. The van der Waals surface area contributed by atoms with Crippen LogP contribution in [0.4, 0.5) is 11.4 Å². The molecule has 140 valence electrons. The summed E-state index contributed by atoms with van der Waals surface area (Å²) in [6.07, 6.45) is 1.06. The van der Waals surface area contributed by atoms with Crippen LogP contribution in [0.5, 0.6) is 5.75 Å². The van der Waals surface area contributed by atoms with Crippen molar-refractivity contribution in [3.05, 3.63) is 53.1 Å². The molecule has 0 spiro atoms. The molecule has 2 aromatic carbocycles. The summed E-state index contributed by atoms with van der Waals surface area (Å²) in [6.45, 7) is 3.67. The van der Waals surface area contributed by atoms with E-state index in [1.165, 1.54) is 0 Å². The van der Waals surface area contributed by atoms with Gasteiger partial charge in [0.25, 0.3) is 0 Å². The smallest absolute Gasteiger partial charge is 0.245 e. The number of carbonyl (C=O) groups is 1. The second-order valence-corrected chi connectivity index (χ2v) is 8.02. The average molecular weight is 397 g/mol. The molecule has 0 bridgehead atoms. The highest BCUT2D eigenvalue weighted by atomic mass is 35.5. The first-order valence-electron chi connectivity index (χ1n) is 7.98. The highest BCUT2D eigenvalue weighted by molar-refractivity contribution is 7.92. The van der Waals surface area contributed by atoms with Gasteiger partial charge in [-0.2, -0.15) is 0 Å². The first-order valence-corrected chi connectivity index (χ1v) is 10.2. The average Bonchev–Trinajstić information content (AvgIpc) is 2.54. The molecule has 0 aromatic heterocycles. The van der Waals surface area contributed by atoms with Crippen molar-refractivity contribution >= 4 is 38.9 Å². The van der Waals surface area contributed by atoms with E-state index in [1.807, 2.05) is 6.92 Å². The van der Waals surface area contributed by atoms with Crippen LogP contribution in [0.1, 0.15) is 12.5 Å². The lowest BCUT2D eigenvalue weighted by atomic mass is 10.2. The van der Waals surface area contributed by atoms with E-state index in [-0.39, 0.29) is 6.54 Å². The van der Waals surface area contributed by atoms with Crippen molar-refractivity contribution in [1.82, 2.24) is 0 Å². The number of sulfonamides is 1. The Hall–Kier alpha value is -2.25. The summed E-state index contributed by atoms with van der Waals surface area (Å²) in [7, 11) is -3.66. The Morgan fingerprint density at radius 2 is 1.92 bits per heavy atom. The quantitative estimate of drug-likeness (QED) is 0.777. The van der Waals surface area contributed by atoms with Crippen LogP contribution in [0.3, 0.4) is 0 Å². The lowest BCUT2D eigenvalue weighted by molar-refractivity contribution is -0.114. The molecule has 1 N–H and O–H groups in total. The molecule has 0 radical (unpaired) electrons. The third-order valence-electron chi connectivity index (χ3n) is 3.58. The summed E-state index contributed by atoms with van der Waals surface area (Å²) >= 11 is 5.93. The number of para-hydroxylation sites is 2. The van der Waals surface area contributed by atoms with E-state index in [0.717, 1.165) is 10.6 Å². The molecule has 0 aliphatic rings. The standard InChI is InChI=1S/C18H21ClN2O4S/c1-4-25-17-8-6-5-7-15(17)20-18(22)12-21(26(3,23)24)16-10-9-14(19)11-13(16)2/h5-11H,4,12H2,1-3H3,(H,20,22). The second kappa shape index (κ2) is 8.42. The van der Waals surface area contributed by atoms with E-state index in [9.17, 15) is 13.2 Å². The fourth-order valence-corrected chi connectivity index (χ4v) is 3.59. The molecule has 2 aromatic rings. The van der Waals surface area contributed by atoms with Crippen LogP contribution in [-0.4, -0.2) is 33.7 Å². The lowest BCUT2D eigenvalue weighted by Crippen LogP contribution is -2.37. The van der Waals surface area contributed by atoms with Crippen molar-refractivity contribution in [2.75, 3.05) is 29.0 Å². The number of anilines is 2. The molecule has 0 saturated heterocycles. The topological polar surface area (TPSA) is 75.7 Å². The fraction of sp³-hybridized carbons (Fsp3) is 0.278. The zero-order valence-corrected chi connectivity index (χ0v) is 16.4. The van der Waals surface area contributed by atoms with Crippen LogP contribution >= 0.6 is 11.6 Å². The van der Waals surface area contributed by atoms with Gasteiger partial charge in [-0.25, -0.2) is 8.42 Å². The highest BCUT2D eigenvalue weighted by Gasteiger charge is 2.23. The molecule has 26 heavy (non-hydrogen) atoms. The van der Waals surface area contributed by atoms with Crippen molar-refractivity contribution in [2.24, 2.45) is 0 Å². The highest BCUT2D eigenvalue weighted by Crippen LogP contribution is 2.27. The van der Waals surface area contributed by atoms with E-state index >= 15 is 0 Å². The van der Waals surface area contributed by atoms with Crippen LogP contribution in [0.2, 0.25) is 5.02 Å². The maximum Gasteiger partial charge on any atom is 0.245 e. The SMILES string of the molecule is CCOc1ccccc1NC(=O)CN(c1ccc(Cl)cc1C)S(C)(=O)=O. The Bertz CT molecular complexity index is 900. The number of halogens is 1. The molecule has 0 unspecified atom stereocenters. The fourth-order valence-electron chi connectivity index (χ4n) is 2.45. The number of hydrogen-bond donors (Lipinski definition) is 1. The number of rotatable bonds is 7. The van der Waals surface area contributed by atoms with Crippen molar-refractivity contribution in [2.45, 2.75) is 13.8 Å². The maximum atomic E-state index is 12.5. The summed E-state index contributed by atoms with van der Waals surface area (Å²) in [5.41, 5.74) is 1.55. The number of carbonyl (C=O) groups excluding carboxylic acids is 1. The molecule has 2 rings (SSSR count). The van der Waals surface area contributed by atoms with Crippen LogP contribution in [0.25, 0.3) is 0 Å². The molecule has 1 amide bonds. The number of ether oxygens (including phenoxy) is 1. The van der Waals surface area contributed by atoms with Gasteiger partial charge in [0.15, 0.2) is 0 Å². The molecular weight excluding hydrogens is 376 g/mol. The molecule has 8 heteroatoms. The predicted octanol–water partition coefficient (Wildman–Crippen LogP) is 3.45. The van der Waals surface area contributed by atoms with Gasteiger partial charge in [-0.3, -0.25) is 9.10 Å². The largest absolute Gasteiger partial charge is 0.492 e. The number of benzene rings is 2. The van der Waals surface area contributed by atoms with E-state index in [1.54, 1.807) is 49.4 Å². The van der Waals surface area contributed by atoms with Gasteiger partial charge in [0.05, 0.1) is 24.2 Å². The number of nitrogens with zero attached hydrogens (tertiary/aromatic N) is 1. The molecule has 0 heterocycles. The number of hydrogen-bond acceptors (Lipinski definition) is 4. The van der Waals surface area contributed by atoms with Crippen molar-refractivity contribution < 1.29 is 17.9 Å². The van der Waals surface area contributed by atoms with E-state index < -0.39 is 15.9 Å². The number of aryl methyl sites for hydroxylation is 1. The van der Waals surface area contributed by atoms with Crippen LogP contribution in [0, 0.1) is 6.92 Å². The molecule has 0 fully saturated rings. The van der Waals surface area contributed by atoms with Gasteiger partial charge in [0.1, 0.15) is 12.3 Å². The van der Waals surface area contributed by atoms with Gasteiger partial charge in [0.2, 0.25) is 15.9 Å². The van der Waals surface area contributed by atoms with E-state index in [0.29, 0.717) is 34.3 Å². The first kappa shape index (κ1) is 20.1. The monoisotopic (exact) mass is 396 g/mol. The third-order valence-corrected chi connectivity index (χ3v) is 4.94. The van der Waals surface area contributed by atoms with Crippen LogP contribution in [-0.2, 0) is 14.8 Å². The Balaban J connectivity index is 2.26. The summed E-state index contributed by atoms with van der Waals surface area (Å²) in [5.74, 6) is 0.0499. The third kappa shape index (κ3) is 5.12. The van der Waals surface area contributed by atoms with E-state index in [2.05, 4.69) is 5.32 Å². The normalized spacial score (nSPS) is 11.1. The molecule has 0 aliphatic heterocycles. The van der Waals surface area contributed by atoms with Crippen molar-refractivity contribution in [3.63, 3.8) is 0 Å². The molecule has 6 nitrogen and oxygen atoms in total. The Kier molecular flexibility index (Phi) is 6.50. The number of nitrogens with one attached hydrogen (secondary N) is 1. The van der Waals surface area contributed by atoms with Gasteiger partial charge in [-0.15, -0.1) is 0 Å². The lowest BCUT2D eigenvalue weighted by Gasteiger charge is -2.24. The zero-order valence-electron chi connectivity index (χ0n) is 14.8. The van der Waals surface area contributed by atoms with Gasteiger partial charge in [-0.1, -0.05) is 23.7 Å². The second-order valence-electron chi connectivity index (χ2n) is 5.68. The van der Waals surface area contributed by atoms with Crippen LogP contribution in [0.15, 0.2) is 42.5 Å². The summed E-state index contributed by atoms with van der Waals surface area (Å²) in [5, 5.41) is 3.20. The van der Waals surface area contributed by atoms with E-state index in [4.69, 9.17) is 16.3 Å². The van der Waals surface area contributed by atoms with Gasteiger partial charge < -0.3 is 10.1 Å². The first-order chi connectivity index (χ1) is 12.2. The zero-order chi connectivity index (χ0) is 19.3. The molecule has 0 saturated carbocycles. The van der Waals surface area contributed by atoms with Gasteiger partial charge in [0, 0.05) is 5.02 Å². The van der Waals surface area contributed by atoms with Crippen molar-refractivity contribution in [3.8, 4) is 5.75 Å². The van der Waals surface area contributed by atoms with Gasteiger partial charge in [-0.05, 0) is 49.7 Å². The Morgan fingerprint density at radius 3 is 2.54 bits per heavy atom.